The van der Waals surface area contributed by atoms with Crippen molar-refractivity contribution in [3.8, 4) is 0 Å². The molecular formula is C12H18N4S2. The van der Waals surface area contributed by atoms with E-state index in [4.69, 9.17) is 0 Å². The highest BCUT2D eigenvalue weighted by Gasteiger charge is 2.28. The number of nitrogens with zero attached hydrogens (tertiary/aromatic N) is 4. The maximum absolute atomic E-state index is 4.64. The molecule has 0 aliphatic carbocycles. The molecule has 0 aliphatic heterocycles. The second-order valence-electron chi connectivity index (χ2n) is 6.07. The van der Waals surface area contributed by atoms with Gasteiger partial charge in [0, 0.05) is 17.3 Å². The molecule has 18 heavy (non-hydrogen) atoms. The molecule has 0 spiro atoms. The van der Waals surface area contributed by atoms with Gasteiger partial charge in [-0.3, -0.25) is 0 Å². The lowest BCUT2D eigenvalue weighted by Gasteiger charge is -2.19. The predicted octanol–water partition coefficient (Wildman–Crippen LogP) is 3.21. The average molecular weight is 282 g/mol. The minimum Gasteiger partial charge on any atom is -0.224 e. The smallest absolute Gasteiger partial charge is 0.143 e. The van der Waals surface area contributed by atoms with Crippen LogP contribution in [0.5, 0.6) is 0 Å². The molecule has 0 saturated carbocycles. The molecule has 0 aliphatic rings. The van der Waals surface area contributed by atoms with Crippen LogP contribution in [0.3, 0.4) is 0 Å². The van der Waals surface area contributed by atoms with E-state index in [0.29, 0.717) is 0 Å². The summed E-state index contributed by atoms with van der Waals surface area (Å²) in [4.78, 5) is 4.64. The fraction of sp³-hybridized carbons (Fsp3) is 0.667. The summed E-state index contributed by atoms with van der Waals surface area (Å²) in [7, 11) is 0. The van der Waals surface area contributed by atoms with Crippen molar-refractivity contribution < 1.29 is 0 Å². The molecule has 2 aromatic rings. The van der Waals surface area contributed by atoms with Crippen LogP contribution in [0.4, 0.5) is 0 Å². The van der Waals surface area contributed by atoms with Crippen LogP contribution in [-0.2, 0) is 17.3 Å². The minimum absolute atomic E-state index is 0.0581. The van der Waals surface area contributed by atoms with Crippen LogP contribution in [-0.4, -0.2) is 19.6 Å². The van der Waals surface area contributed by atoms with E-state index in [1.807, 2.05) is 0 Å². The van der Waals surface area contributed by atoms with E-state index in [0.717, 1.165) is 22.3 Å². The summed E-state index contributed by atoms with van der Waals surface area (Å²) in [5.41, 5.74) is 1.78. The fourth-order valence-electron chi connectivity index (χ4n) is 1.57. The molecular weight excluding hydrogens is 264 g/mol. The molecule has 2 aromatic heterocycles. The van der Waals surface area contributed by atoms with Gasteiger partial charge in [0.25, 0.3) is 0 Å². The zero-order valence-electron chi connectivity index (χ0n) is 11.4. The van der Waals surface area contributed by atoms with Crippen LogP contribution >= 0.6 is 22.9 Å². The SMILES string of the molecule is CC(C)(C)c1nc(CC(C)(C)c2nncs2)ns1. The first-order valence-corrected chi connectivity index (χ1v) is 7.54. The third-order valence-electron chi connectivity index (χ3n) is 2.65. The molecule has 0 fully saturated rings. The molecule has 0 amide bonds. The lowest BCUT2D eigenvalue weighted by atomic mass is 9.90. The van der Waals surface area contributed by atoms with Gasteiger partial charge in [0.05, 0.1) is 0 Å². The maximum atomic E-state index is 4.64. The van der Waals surface area contributed by atoms with Crippen molar-refractivity contribution in [2.24, 2.45) is 0 Å². The number of hydrogen-bond acceptors (Lipinski definition) is 6. The van der Waals surface area contributed by atoms with Crippen LogP contribution in [0.15, 0.2) is 5.51 Å². The third kappa shape index (κ3) is 2.92. The summed E-state index contributed by atoms with van der Waals surface area (Å²) in [6.07, 6.45) is 0.800. The van der Waals surface area contributed by atoms with E-state index in [-0.39, 0.29) is 10.8 Å². The largest absolute Gasteiger partial charge is 0.224 e. The highest BCUT2D eigenvalue weighted by Crippen LogP contribution is 2.30. The van der Waals surface area contributed by atoms with E-state index in [2.05, 4.69) is 54.2 Å². The summed E-state index contributed by atoms with van der Waals surface area (Å²) < 4.78 is 4.46. The van der Waals surface area contributed by atoms with Gasteiger partial charge in [0.1, 0.15) is 21.4 Å². The van der Waals surface area contributed by atoms with Crippen LogP contribution < -0.4 is 0 Å². The molecule has 0 aromatic carbocycles. The Morgan fingerprint density at radius 1 is 1.11 bits per heavy atom. The second-order valence-corrected chi connectivity index (χ2v) is 7.66. The lowest BCUT2D eigenvalue weighted by Crippen LogP contribution is -2.21. The molecule has 0 bridgehead atoms. The van der Waals surface area contributed by atoms with Gasteiger partial charge >= 0.3 is 0 Å². The Hall–Kier alpha value is -0.880. The Morgan fingerprint density at radius 2 is 1.83 bits per heavy atom. The summed E-state index contributed by atoms with van der Waals surface area (Å²) in [5, 5.41) is 10.2. The van der Waals surface area contributed by atoms with Crippen molar-refractivity contribution >= 4 is 22.9 Å². The van der Waals surface area contributed by atoms with Crippen LogP contribution in [0.1, 0.15) is 50.5 Å². The molecule has 98 valence electrons. The summed E-state index contributed by atoms with van der Waals surface area (Å²) in [5.74, 6) is 0.908. The molecule has 4 nitrogen and oxygen atoms in total. The first-order valence-electron chi connectivity index (χ1n) is 5.89. The predicted molar refractivity (Wildman–Crippen MR) is 75.2 cm³/mol. The van der Waals surface area contributed by atoms with Crippen molar-refractivity contribution in [2.45, 2.75) is 51.9 Å². The third-order valence-corrected chi connectivity index (χ3v) is 4.88. The molecule has 0 atom stereocenters. The Bertz CT molecular complexity index is 508. The zero-order valence-corrected chi connectivity index (χ0v) is 13.0. The van der Waals surface area contributed by atoms with E-state index >= 15 is 0 Å². The number of hydrogen-bond donors (Lipinski definition) is 0. The molecule has 6 heteroatoms. The summed E-state index contributed by atoms with van der Waals surface area (Å²) in [6.45, 7) is 10.8. The first-order chi connectivity index (χ1) is 8.29. The summed E-state index contributed by atoms with van der Waals surface area (Å²) >= 11 is 3.09. The zero-order chi connectivity index (χ0) is 13.4. The Balaban J connectivity index is 2.17. The standard InChI is InChI=1S/C12H18N4S2/c1-11(2,3)9-14-8(16-18-9)6-12(4,5)10-15-13-7-17-10/h7H,6H2,1-5H3. The highest BCUT2D eigenvalue weighted by atomic mass is 32.1. The highest BCUT2D eigenvalue weighted by molar-refractivity contribution is 7.09. The Kier molecular flexibility index (Phi) is 3.51. The Labute approximate surface area is 116 Å². The monoisotopic (exact) mass is 282 g/mol. The molecule has 0 saturated heterocycles. The molecule has 0 unspecified atom stereocenters. The average Bonchev–Trinajstić information content (AvgIpc) is 2.83. The van der Waals surface area contributed by atoms with Crippen molar-refractivity contribution in [3.05, 3.63) is 21.4 Å². The molecule has 2 heterocycles. The molecule has 0 radical (unpaired) electrons. The first kappa shape index (κ1) is 13.5. The lowest BCUT2D eigenvalue weighted by molar-refractivity contribution is 0.498. The fourth-order valence-corrected chi connectivity index (χ4v) is 2.97. The van der Waals surface area contributed by atoms with E-state index < -0.39 is 0 Å². The topological polar surface area (TPSA) is 51.6 Å². The van der Waals surface area contributed by atoms with Gasteiger partial charge in [-0.15, -0.1) is 21.5 Å². The van der Waals surface area contributed by atoms with Crippen molar-refractivity contribution in [2.75, 3.05) is 0 Å². The normalized spacial score (nSPS) is 12.9. The van der Waals surface area contributed by atoms with Gasteiger partial charge in [-0.2, -0.15) is 4.37 Å². The van der Waals surface area contributed by atoms with E-state index in [1.54, 1.807) is 16.8 Å². The molecule has 0 N–H and O–H groups in total. The van der Waals surface area contributed by atoms with Crippen LogP contribution in [0.25, 0.3) is 0 Å². The van der Waals surface area contributed by atoms with Crippen LogP contribution in [0, 0.1) is 0 Å². The number of aromatic nitrogens is 4. The molecule has 2 rings (SSSR count). The van der Waals surface area contributed by atoms with E-state index in [1.165, 1.54) is 11.5 Å². The van der Waals surface area contributed by atoms with Gasteiger partial charge < -0.3 is 0 Å². The van der Waals surface area contributed by atoms with E-state index in [9.17, 15) is 0 Å². The van der Waals surface area contributed by atoms with Gasteiger partial charge in [-0.25, -0.2) is 4.98 Å². The van der Waals surface area contributed by atoms with Crippen molar-refractivity contribution in [3.63, 3.8) is 0 Å². The van der Waals surface area contributed by atoms with Gasteiger partial charge in [-0.1, -0.05) is 34.6 Å². The van der Waals surface area contributed by atoms with Gasteiger partial charge in [0.2, 0.25) is 0 Å². The summed E-state index contributed by atoms with van der Waals surface area (Å²) in [6, 6.07) is 0. The van der Waals surface area contributed by atoms with Gasteiger partial charge in [0.15, 0.2) is 0 Å². The van der Waals surface area contributed by atoms with Gasteiger partial charge in [-0.05, 0) is 11.5 Å². The van der Waals surface area contributed by atoms with Crippen LogP contribution in [0.2, 0.25) is 0 Å². The Morgan fingerprint density at radius 3 is 2.33 bits per heavy atom. The minimum atomic E-state index is -0.0581. The quantitative estimate of drug-likeness (QED) is 0.867. The van der Waals surface area contributed by atoms with Crippen molar-refractivity contribution in [1.82, 2.24) is 19.6 Å². The van der Waals surface area contributed by atoms with Crippen molar-refractivity contribution in [1.29, 1.82) is 0 Å². The number of rotatable bonds is 3. The second kappa shape index (κ2) is 4.66. The maximum Gasteiger partial charge on any atom is 0.143 e.